The number of hydrogen-bond donors (Lipinski definition) is 3. The Kier molecular flexibility index (Phi) is 2.99. The van der Waals surface area contributed by atoms with Crippen molar-refractivity contribution in [3.8, 4) is 22.6 Å². The van der Waals surface area contributed by atoms with Gasteiger partial charge in [-0.3, -0.25) is 0 Å². The lowest BCUT2D eigenvalue weighted by atomic mass is 9.93. The molecule has 0 amide bonds. The topological polar surface area (TPSA) is 77.8 Å². The van der Waals surface area contributed by atoms with Crippen LogP contribution in [-0.4, -0.2) is 21.3 Å². The Balaban J connectivity index is 2.44. The van der Waals surface area contributed by atoms with E-state index >= 15 is 0 Å². The fourth-order valence-corrected chi connectivity index (χ4v) is 2.51. The highest BCUT2D eigenvalue weighted by molar-refractivity contribution is 6.06. The van der Waals surface area contributed by atoms with E-state index in [4.69, 9.17) is 0 Å². The van der Waals surface area contributed by atoms with Gasteiger partial charge in [0.1, 0.15) is 17.1 Å². The lowest BCUT2D eigenvalue weighted by Crippen LogP contribution is -2.01. The molecule has 3 aromatic rings. The molecule has 0 fully saturated rings. The first-order valence-electron chi connectivity index (χ1n) is 6.36. The molecule has 0 aliphatic carbocycles. The number of carboxylic acids is 1. The summed E-state index contributed by atoms with van der Waals surface area (Å²) in [5.41, 5.74) is 0.393. The third-order valence-corrected chi connectivity index (χ3v) is 3.43. The van der Waals surface area contributed by atoms with Crippen LogP contribution in [0.2, 0.25) is 0 Å². The van der Waals surface area contributed by atoms with Gasteiger partial charge in [0, 0.05) is 5.56 Å². The molecule has 3 aromatic carbocycles. The lowest BCUT2D eigenvalue weighted by molar-refractivity contribution is 0.0694. The fourth-order valence-electron chi connectivity index (χ4n) is 2.51. The first-order chi connectivity index (χ1) is 10.1. The molecule has 0 atom stereocenters. The van der Waals surface area contributed by atoms with Crippen LogP contribution < -0.4 is 0 Å². The van der Waals surface area contributed by atoms with Gasteiger partial charge in [0.25, 0.3) is 0 Å². The van der Waals surface area contributed by atoms with Gasteiger partial charge in [-0.05, 0) is 28.5 Å². The van der Waals surface area contributed by atoms with Gasteiger partial charge in [-0.2, -0.15) is 0 Å². The second kappa shape index (κ2) is 4.83. The normalized spacial score (nSPS) is 10.7. The molecular formula is C17H12O4. The van der Waals surface area contributed by atoms with E-state index in [-0.39, 0.29) is 22.6 Å². The van der Waals surface area contributed by atoms with E-state index in [1.165, 1.54) is 12.1 Å². The van der Waals surface area contributed by atoms with Gasteiger partial charge >= 0.3 is 5.97 Å². The minimum atomic E-state index is -1.29. The van der Waals surface area contributed by atoms with Crippen LogP contribution in [0.25, 0.3) is 21.9 Å². The minimum absolute atomic E-state index is 0.124. The molecule has 0 saturated carbocycles. The van der Waals surface area contributed by atoms with Crippen LogP contribution in [-0.2, 0) is 0 Å². The van der Waals surface area contributed by atoms with Crippen molar-refractivity contribution in [1.82, 2.24) is 0 Å². The Hall–Kier alpha value is -3.01. The third-order valence-electron chi connectivity index (χ3n) is 3.43. The maximum absolute atomic E-state index is 11.4. The molecule has 104 valence electrons. The van der Waals surface area contributed by atoms with Crippen molar-refractivity contribution in [2.45, 2.75) is 0 Å². The fraction of sp³-hybridized carbons (Fsp3) is 0. The molecule has 0 radical (unpaired) electrons. The minimum Gasteiger partial charge on any atom is -0.507 e. The lowest BCUT2D eigenvalue weighted by Gasteiger charge is -2.13. The van der Waals surface area contributed by atoms with Gasteiger partial charge in [0.2, 0.25) is 0 Å². The molecule has 0 heterocycles. The van der Waals surface area contributed by atoms with Crippen molar-refractivity contribution in [3.63, 3.8) is 0 Å². The summed E-state index contributed by atoms with van der Waals surface area (Å²) in [6.07, 6.45) is 0. The molecule has 0 bridgehead atoms. The van der Waals surface area contributed by atoms with Crippen molar-refractivity contribution in [2.75, 3.05) is 0 Å². The van der Waals surface area contributed by atoms with Crippen molar-refractivity contribution in [1.29, 1.82) is 0 Å². The highest BCUT2D eigenvalue weighted by Gasteiger charge is 2.21. The zero-order valence-corrected chi connectivity index (χ0v) is 10.9. The number of aromatic carboxylic acids is 1. The number of phenols is 2. The van der Waals surface area contributed by atoms with E-state index in [1.54, 1.807) is 12.1 Å². The number of fused-ring (bicyclic) bond motifs is 1. The average Bonchev–Trinajstić information content (AvgIpc) is 2.48. The summed E-state index contributed by atoms with van der Waals surface area (Å²) in [5.74, 6) is -1.84. The van der Waals surface area contributed by atoms with Crippen molar-refractivity contribution in [3.05, 3.63) is 60.2 Å². The van der Waals surface area contributed by atoms with Gasteiger partial charge < -0.3 is 15.3 Å². The summed E-state index contributed by atoms with van der Waals surface area (Å²) in [6.45, 7) is 0. The van der Waals surface area contributed by atoms with Crippen LogP contribution >= 0.6 is 0 Å². The predicted octanol–water partition coefficient (Wildman–Crippen LogP) is 3.62. The molecule has 0 aromatic heterocycles. The Morgan fingerprint density at radius 1 is 0.810 bits per heavy atom. The zero-order valence-electron chi connectivity index (χ0n) is 10.9. The van der Waals surface area contributed by atoms with Crippen LogP contribution in [0.4, 0.5) is 0 Å². The molecule has 21 heavy (non-hydrogen) atoms. The third kappa shape index (κ3) is 2.07. The summed E-state index contributed by atoms with van der Waals surface area (Å²) in [4.78, 5) is 11.4. The Morgan fingerprint density at radius 3 is 2.24 bits per heavy atom. The van der Waals surface area contributed by atoms with Crippen LogP contribution in [0.1, 0.15) is 10.4 Å². The Labute approximate surface area is 120 Å². The Bertz CT molecular complexity index is 847. The number of carbonyl (C=O) groups is 1. The molecule has 4 heteroatoms. The van der Waals surface area contributed by atoms with Crippen LogP contribution in [0, 0.1) is 0 Å². The number of rotatable bonds is 2. The van der Waals surface area contributed by atoms with E-state index in [0.717, 1.165) is 10.8 Å². The number of aromatic hydroxyl groups is 2. The zero-order chi connectivity index (χ0) is 15.0. The number of phenolic OH excluding ortho intramolecular Hbond substituents is 1. The molecule has 0 saturated heterocycles. The molecule has 4 nitrogen and oxygen atoms in total. The monoisotopic (exact) mass is 280 g/mol. The standard InChI is InChI=1S/C17H12O4/c18-13-8-9-14(19)16(17(20)21)15(13)12-7-3-5-10-4-1-2-6-11(10)12/h1-9,18-19H,(H,20,21). The first kappa shape index (κ1) is 13.0. The quantitative estimate of drug-likeness (QED) is 0.626. The second-order valence-electron chi connectivity index (χ2n) is 4.69. The van der Waals surface area contributed by atoms with Gasteiger partial charge in [0.05, 0.1) is 0 Å². The van der Waals surface area contributed by atoms with Gasteiger partial charge in [-0.15, -0.1) is 0 Å². The molecule has 0 spiro atoms. The maximum atomic E-state index is 11.4. The molecule has 3 rings (SSSR count). The van der Waals surface area contributed by atoms with E-state index in [0.29, 0.717) is 5.56 Å². The summed E-state index contributed by atoms with van der Waals surface area (Å²) in [6, 6.07) is 15.3. The van der Waals surface area contributed by atoms with Crippen LogP contribution in [0.15, 0.2) is 54.6 Å². The second-order valence-corrected chi connectivity index (χ2v) is 4.69. The summed E-state index contributed by atoms with van der Waals surface area (Å²) in [5, 5.41) is 31.0. The SMILES string of the molecule is O=C(O)c1c(O)ccc(O)c1-c1cccc2ccccc12. The molecular weight excluding hydrogens is 268 g/mol. The van der Waals surface area contributed by atoms with Gasteiger partial charge in [-0.25, -0.2) is 4.79 Å². The van der Waals surface area contributed by atoms with Crippen LogP contribution in [0.3, 0.4) is 0 Å². The van der Waals surface area contributed by atoms with E-state index in [2.05, 4.69) is 0 Å². The number of benzene rings is 3. The van der Waals surface area contributed by atoms with E-state index in [1.807, 2.05) is 30.3 Å². The highest BCUT2D eigenvalue weighted by atomic mass is 16.4. The first-order valence-corrected chi connectivity index (χ1v) is 6.36. The maximum Gasteiger partial charge on any atom is 0.340 e. The average molecular weight is 280 g/mol. The van der Waals surface area contributed by atoms with Crippen LogP contribution in [0.5, 0.6) is 11.5 Å². The molecule has 0 unspecified atom stereocenters. The molecule has 3 N–H and O–H groups in total. The van der Waals surface area contributed by atoms with Crippen molar-refractivity contribution in [2.24, 2.45) is 0 Å². The van der Waals surface area contributed by atoms with E-state index in [9.17, 15) is 20.1 Å². The van der Waals surface area contributed by atoms with Crippen molar-refractivity contribution >= 4 is 16.7 Å². The van der Waals surface area contributed by atoms with Crippen molar-refractivity contribution < 1.29 is 20.1 Å². The molecule has 0 aliphatic rings. The largest absolute Gasteiger partial charge is 0.507 e. The van der Waals surface area contributed by atoms with Gasteiger partial charge in [0.15, 0.2) is 0 Å². The summed E-state index contributed by atoms with van der Waals surface area (Å²) in [7, 11) is 0. The predicted molar refractivity (Wildman–Crippen MR) is 79.7 cm³/mol. The van der Waals surface area contributed by atoms with Gasteiger partial charge in [-0.1, -0.05) is 42.5 Å². The highest BCUT2D eigenvalue weighted by Crippen LogP contribution is 2.40. The van der Waals surface area contributed by atoms with E-state index < -0.39 is 5.97 Å². The summed E-state index contributed by atoms with van der Waals surface area (Å²) < 4.78 is 0. The smallest absolute Gasteiger partial charge is 0.340 e. The number of carboxylic acid groups (broad SMARTS) is 1. The molecule has 0 aliphatic heterocycles. The Morgan fingerprint density at radius 2 is 1.48 bits per heavy atom. The number of hydrogen-bond acceptors (Lipinski definition) is 3. The summed E-state index contributed by atoms with van der Waals surface area (Å²) >= 11 is 0.